The van der Waals surface area contributed by atoms with E-state index in [4.69, 9.17) is 0 Å². The third-order valence-electron chi connectivity index (χ3n) is 5.83. The lowest BCUT2D eigenvalue weighted by Gasteiger charge is -2.33. The minimum Gasteiger partial charge on any atom is -0.336 e. The predicted octanol–water partition coefficient (Wildman–Crippen LogP) is 2.85. The van der Waals surface area contributed by atoms with Crippen molar-refractivity contribution in [2.45, 2.75) is 46.1 Å². The molecule has 7 nitrogen and oxygen atoms in total. The van der Waals surface area contributed by atoms with E-state index in [0.717, 1.165) is 45.6 Å². The Morgan fingerprint density at radius 2 is 2.14 bits per heavy atom. The highest BCUT2D eigenvalue weighted by Gasteiger charge is 2.28. The molecule has 3 aromatic rings. The molecule has 28 heavy (non-hydrogen) atoms. The van der Waals surface area contributed by atoms with E-state index < -0.39 is 0 Å². The van der Waals surface area contributed by atoms with E-state index in [1.54, 1.807) is 33.1 Å². The number of likely N-dealkylation sites (tertiary alicyclic amines) is 1. The van der Waals surface area contributed by atoms with E-state index in [9.17, 15) is 9.59 Å². The first-order chi connectivity index (χ1) is 13.4. The monoisotopic (exact) mass is 399 g/mol. The number of aryl methyl sites for hydroxylation is 3. The molecule has 0 spiro atoms. The van der Waals surface area contributed by atoms with Crippen molar-refractivity contribution in [3.05, 3.63) is 44.6 Å². The smallest absolute Gasteiger partial charge is 0.262 e. The molecule has 8 heteroatoms. The molecule has 148 valence electrons. The molecule has 1 aliphatic heterocycles. The maximum atomic E-state index is 13.2. The normalized spacial score (nSPS) is 17.4. The second kappa shape index (κ2) is 7.16. The van der Waals surface area contributed by atoms with Crippen molar-refractivity contribution in [1.82, 2.24) is 24.2 Å². The van der Waals surface area contributed by atoms with Crippen LogP contribution in [-0.2, 0) is 13.5 Å². The zero-order valence-electron chi connectivity index (χ0n) is 16.7. The fraction of sp³-hybridized carbons (Fsp3) is 0.500. The number of aromatic nitrogens is 4. The Labute approximate surface area is 167 Å². The second-order valence-electron chi connectivity index (χ2n) is 7.44. The number of thiophene rings is 1. The van der Waals surface area contributed by atoms with E-state index in [-0.39, 0.29) is 17.5 Å². The van der Waals surface area contributed by atoms with E-state index in [1.165, 1.54) is 0 Å². The number of piperidine rings is 1. The van der Waals surface area contributed by atoms with Crippen LogP contribution in [-0.4, -0.2) is 43.2 Å². The highest BCUT2D eigenvalue weighted by atomic mass is 32.1. The number of carbonyl (C=O) groups excluding carboxylic acids is 1. The Bertz CT molecular complexity index is 1110. The molecule has 0 N–H and O–H groups in total. The number of hydrogen-bond donors (Lipinski definition) is 0. The van der Waals surface area contributed by atoms with Gasteiger partial charge in [0, 0.05) is 30.7 Å². The summed E-state index contributed by atoms with van der Waals surface area (Å²) < 4.78 is 3.45. The number of rotatable bonds is 3. The van der Waals surface area contributed by atoms with Crippen molar-refractivity contribution in [1.29, 1.82) is 0 Å². The maximum Gasteiger partial charge on any atom is 0.262 e. The molecular weight excluding hydrogens is 374 g/mol. The van der Waals surface area contributed by atoms with Crippen molar-refractivity contribution in [3.8, 4) is 0 Å². The molecule has 0 saturated carbocycles. The van der Waals surface area contributed by atoms with E-state index in [2.05, 4.69) is 17.0 Å². The molecule has 4 rings (SSSR count). The van der Waals surface area contributed by atoms with Crippen molar-refractivity contribution in [2.75, 3.05) is 13.1 Å². The minimum atomic E-state index is -0.0519. The molecule has 0 aromatic carbocycles. The van der Waals surface area contributed by atoms with E-state index in [1.807, 2.05) is 25.8 Å². The molecule has 1 atom stereocenters. The zero-order valence-corrected chi connectivity index (χ0v) is 17.5. The molecule has 0 unspecified atom stereocenters. The fourth-order valence-electron chi connectivity index (χ4n) is 4.10. The summed E-state index contributed by atoms with van der Waals surface area (Å²) in [7, 11) is 1.83. The predicted molar refractivity (Wildman–Crippen MR) is 110 cm³/mol. The van der Waals surface area contributed by atoms with Gasteiger partial charge < -0.3 is 4.90 Å². The second-order valence-corrected chi connectivity index (χ2v) is 8.65. The largest absolute Gasteiger partial charge is 0.336 e. The Kier molecular flexibility index (Phi) is 4.82. The Morgan fingerprint density at radius 1 is 1.36 bits per heavy atom. The van der Waals surface area contributed by atoms with Crippen LogP contribution in [0.4, 0.5) is 0 Å². The van der Waals surface area contributed by atoms with Gasteiger partial charge in [-0.1, -0.05) is 6.92 Å². The first kappa shape index (κ1) is 18.9. The summed E-state index contributed by atoms with van der Waals surface area (Å²) in [5.41, 5.74) is 2.60. The summed E-state index contributed by atoms with van der Waals surface area (Å²) in [5.74, 6) is -0.0157. The average Bonchev–Trinajstić information content (AvgIpc) is 3.20. The fourth-order valence-corrected chi connectivity index (χ4v) is 5.17. The van der Waals surface area contributed by atoms with Gasteiger partial charge >= 0.3 is 0 Å². The third-order valence-corrected chi connectivity index (χ3v) is 6.89. The minimum absolute atomic E-state index is 0.0157. The standard InChI is InChI=1S/C20H25N5O2S/c1-5-15-13(3)28-18-17(15)20(27)25(11-21-18)14-7-6-8-24(10-14)19(26)16-9-22-23(4)12(16)2/h9,11,14H,5-8,10H2,1-4H3/t14-/m1/s1. The molecule has 0 radical (unpaired) electrons. The number of carbonyl (C=O) groups is 1. The van der Waals surface area contributed by atoms with Crippen LogP contribution < -0.4 is 5.56 Å². The summed E-state index contributed by atoms with van der Waals surface area (Å²) in [6.45, 7) is 7.24. The van der Waals surface area contributed by atoms with Crippen molar-refractivity contribution < 1.29 is 4.79 Å². The van der Waals surface area contributed by atoms with Crippen LogP contribution >= 0.6 is 11.3 Å². The quantitative estimate of drug-likeness (QED) is 0.679. The lowest BCUT2D eigenvalue weighted by atomic mass is 10.0. The Balaban J connectivity index is 1.67. The lowest BCUT2D eigenvalue weighted by molar-refractivity contribution is 0.0676. The van der Waals surface area contributed by atoms with Crippen molar-refractivity contribution in [3.63, 3.8) is 0 Å². The molecule has 1 aliphatic rings. The highest BCUT2D eigenvalue weighted by Crippen LogP contribution is 2.28. The third kappa shape index (κ3) is 2.96. The van der Waals surface area contributed by atoms with Crippen molar-refractivity contribution in [2.24, 2.45) is 7.05 Å². The van der Waals surface area contributed by atoms with Gasteiger partial charge in [0.1, 0.15) is 4.83 Å². The first-order valence-corrected chi connectivity index (χ1v) is 10.5. The van der Waals surface area contributed by atoms with Crippen LogP contribution in [0, 0.1) is 13.8 Å². The van der Waals surface area contributed by atoms with Gasteiger partial charge in [0.15, 0.2) is 0 Å². The van der Waals surface area contributed by atoms with Gasteiger partial charge in [-0.25, -0.2) is 4.98 Å². The molecule has 4 heterocycles. The van der Waals surface area contributed by atoms with Gasteiger partial charge in [0.25, 0.3) is 11.5 Å². The van der Waals surface area contributed by atoms with E-state index in [0.29, 0.717) is 18.7 Å². The van der Waals surface area contributed by atoms with Crippen LogP contribution in [0.1, 0.15) is 52.3 Å². The van der Waals surface area contributed by atoms with Crippen LogP contribution in [0.5, 0.6) is 0 Å². The highest BCUT2D eigenvalue weighted by molar-refractivity contribution is 7.18. The summed E-state index contributed by atoms with van der Waals surface area (Å²) in [5, 5.41) is 4.93. The number of hydrogen-bond acceptors (Lipinski definition) is 5. The number of amides is 1. The van der Waals surface area contributed by atoms with Gasteiger partial charge in [-0.15, -0.1) is 11.3 Å². The number of nitrogens with zero attached hydrogens (tertiary/aromatic N) is 5. The molecule has 3 aromatic heterocycles. The van der Waals surface area contributed by atoms with Gasteiger partial charge in [-0.3, -0.25) is 18.8 Å². The number of fused-ring (bicyclic) bond motifs is 1. The molecule has 0 bridgehead atoms. The SMILES string of the molecule is CCc1c(C)sc2ncn([C@@H]3CCCN(C(=O)c4cnn(C)c4C)C3)c(=O)c12. The molecule has 1 saturated heterocycles. The van der Waals surface area contributed by atoms with Gasteiger partial charge in [0.05, 0.1) is 29.5 Å². The van der Waals surface area contributed by atoms with Crippen LogP contribution in [0.2, 0.25) is 0 Å². The van der Waals surface area contributed by atoms with Crippen molar-refractivity contribution >= 4 is 27.5 Å². The van der Waals surface area contributed by atoms with Gasteiger partial charge in [-0.2, -0.15) is 5.10 Å². The summed E-state index contributed by atoms with van der Waals surface area (Å²) in [6, 6.07) is -0.0519. The first-order valence-electron chi connectivity index (χ1n) is 9.69. The molecule has 0 aliphatic carbocycles. The van der Waals surface area contributed by atoms with Crippen LogP contribution in [0.15, 0.2) is 17.3 Å². The van der Waals surface area contributed by atoms with Crippen LogP contribution in [0.25, 0.3) is 10.2 Å². The van der Waals surface area contributed by atoms with Gasteiger partial charge in [0.2, 0.25) is 0 Å². The summed E-state index contributed by atoms with van der Waals surface area (Å²) in [6.07, 6.45) is 5.84. The Hall–Kier alpha value is -2.48. The topological polar surface area (TPSA) is 73.0 Å². The Morgan fingerprint density at radius 3 is 2.82 bits per heavy atom. The molecular formula is C20H25N5O2S. The van der Waals surface area contributed by atoms with E-state index >= 15 is 0 Å². The zero-order chi connectivity index (χ0) is 20.0. The summed E-state index contributed by atoms with van der Waals surface area (Å²) >= 11 is 1.58. The summed E-state index contributed by atoms with van der Waals surface area (Å²) in [4.78, 5) is 34.6. The average molecular weight is 400 g/mol. The molecule has 1 amide bonds. The maximum absolute atomic E-state index is 13.2. The van der Waals surface area contributed by atoms with Crippen LogP contribution in [0.3, 0.4) is 0 Å². The van der Waals surface area contributed by atoms with Gasteiger partial charge in [-0.05, 0) is 38.7 Å². The molecule has 1 fully saturated rings. The lowest BCUT2D eigenvalue weighted by Crippen LogP contribution is -2.43.